The van der Waals surface area contributed by atoms with Gasteiger partial charge in [-0.2, -0.15) is 0 Å². The van der Waals surface area contributed by atoms with E-state index in [9.17, 15) is 0 Å². The SMILES string of the molecule is C=NC(=N/C=C(\C)CC)C(C)C. The molecule has 0 aromatic heterocycles. The molecule has 0 aromatic rings. The predicted octanol–water partition coefficient (Wildman–Crippen LogP) is 3.06. The van der Waals surface area contributed by atoms with Crippen LogP contribution in [0.2, 0.25) is 0 Å². The number of rotatable bonds is 3. The van der Waals surface area contributed by atoms with Crippen molar-refractivity contribution in [3.05, 3.63) is 11.8 Å². The van der Waals surface area contributed by atoms with Crippen LogP contribution < -0.4 is 0 Å². The Hall–Kier alpha value is -0.920. The Bertz CT molecular complexity index is 200. The van der Waals surface area contributed by atoms with Gasteiger partial charge in [-0.3, -0.25) is 0 Å². The molecule has 0 saturated carbocycles. The molecule has 0 spiro atoms. The maximum atomic E-state index is 4.24. The first-order chi connectivity index (χ1) is 5.61. The van der Waals surface area contributed by atoms with Crippen LogP contribution in [0.15, 0.2) is 21.8 Å². The first-order valence-electron chi connectivity index (χ1n) is 4.31. The third kappa shape index (κ3) is 4.06. The van der Waals surface area contributed by atoms with Crippen molar-refractivity contribution in [3.8, 4) is 0 Å². The van der Waals surface area contributed by atoms with E-state index in [4.69, 9.17) is 0 Å². The molecule has 0 saturated heterocycles. The number of hydrogen-bond acceptors (Lipinski definition) is 1. The standard InChI is InChI=1S/C10H18N2/c1-6-9(4)7-12-10(11-5)8(2)3/h7-8H,5-6H2,1-4H3/b9-7+,12-10?. The van der Waals surface area contributed by atoms with E-state index in [0.717, 1.165) is 12.3 Å². The Morgan fingerprint density at radius 1 is 1.50 bits per heavy atom. The van der Waals surface area contributed by atoms with Gasteiger partial charge in [-0.05, 0) is 20.1 Å². The van der Waals surface area contributed by atoms with Gasteiger partial charge in [-0.15, -0.1) is 0 Å². The molecule has 0 radical (unpaired) electrons. The highest BCUT2D eigenvalue weighted by atomic mass is 14.9. The molecule has 0 bridgehead atoms. The van der Waals surface area contributed by atoms with Crippen LogP contribution in [0.1, 0.15) is 34.1 Å². The highest BCUT2D eigenvalue weighted by Crippen LogP contribution is 2.02. The average Bonchev–Trinajstić information content (AvgIpc) is 2.04. The van der Waals surface area contributed by atoms with Crippen molar-refractivity contribution in [1.82, 2.24) is 0 Å². The predicted molar refractivity (Wildman–Crippen MR) is 55.9 cm³/mol. The summed E-state index contributed by atoms with van der Waals surface area (Å²) >= 11 is 0. The summed E-state index contributed by atoms with van der Waals surface area (Å²) in [4.78, 5) is 8.09. The molecule has 0 aliphatic rings. The van der Waals surface area contributed by atoms with Gasteiger partial charge in [0.2, 0.25) is 0 Å². The van der Waals surface area contributed by atoms with E-state index in [1.165, 1.54) is 5.57 Å². The molecule has 0 heterocycles. The molecule has 0 aliphatic carbocycles. The maximum absolute atomic E-state index is 4.24. The van der Waals surface area contributed by atoms with Gasteiger partial charge in [0.05, 0.1) is 0 Å². The van der Waals surface area contributed by atoms with E-state index in [2.05, 4.69) is 44.4 Å². The highest BCUT2D eigenvalue weighted by Gasteiger charge is 1.99. The summed E-state index contributed by atoms with van der Waals surface area (Å²) in [7, 11) is 0. The van der Waals surface area contributed by atoms with Gasteiger partial charge in [-0.25, -0.2) is 9.98 Å². The maximum Gasteiger partial charge on any atom is 0.129 e. The van der Waals surface area contributed by atoms with Crippen LogP contribution in [0, 0.1) is 5.92 Å². The molecule has 68 valence electrons. The second-order valence-electron chi connectivity index (χ2n) is 3.13. The molecule has 0 unspecified atom stereocenters. The van der Waals surface area contributed by atoms with Crippen molar-refractivity contribution in [3.63, 3.8) is 0 Å². The van der Waals surface area contributed by atoms with Gasteiger partial charge in [0.15, 0.2) is 0 Å². The zero-order valence-corrected chi connectivity index (χ0v) is 8.46. The summed E-state index contributed by atoms with van der Waals surface area (Å²) in [5.41, 5.74) is 1.26. The molecule has 12 heavy (non-hydrogen) atoms. The summed E-state index contributed by atoms with van der Waals surface area (Å²) in [5, 5.41) is 0. The second-order valence-corrected chi connectivity index (χ2v) is 3.13. The Morgan fingerprint density at radius 3 is 2.42 bits per heavy atom. The first-order valence-corrected chi connectivity index (χ1v) is 4.31. The van der Waals surface area contributed by atoms with Gasteiger partial charge >= 0.3 is 0 Å². The quantitative estimate of drug-likeness (QED) is 0.455. The van der Waals surface area contributed by atoms with Crippen LogP contribution in [0.5, 0.6) is 0 Å². The normalized spacial score (nSPS) is 13.8. The van der Waals surface area contributed by atoms with Crippen LogP contribution in [0.25, 0.3) is 0 Å². The molecule has 0 fully saturated rings. The molecule has 0 atom stereocenters. The topological polar surface area (TPSA) is 24.7 Å². The zero-order valence-electron chi connectivity index (χ0n) is 8.46. The zero-order chi connectivity index (χ0) is 9.56. The highest BCUT2D eigenvalue weighted by molar-refractivity contribution is 5.88. The second kappa shape index (κ2) is 5.70. The van der Waals surface area contributed by atoms with Crippen molar-refractivity contribution in [2.75, 3.05) is 0 Å². The molecule has 0 N–H and O–H groups in total. The van der Waals surface area contributed by atoms with Crippen molar-refractivity contribution in [2.45, 2.75) is 34.1 Å². The van der Waals surface area contributed by atoms with Crippen molar-refractivity contribution < 1.29 is 0 Å². The summed E-state index contributed by atoms with van der Waals surface area (Å²) in [6, 6.07) is 0. The minimum Gasteiger partial charge on any atom is -0.249 e. The van der Waals surface area contributed by atoms with E-state index in [1.54, 1.807) is 0 Å². The van der Waals surface area contributed by atoms with Gasteiger partial charge in [0, 0.05) is 12.1 Å². The number of hydrogen-bond donors (Lipinski definition) is 0. The van der Waals surface area contributed by atoms with Crippen molar-refractivity contribution in [2.24, 2.45) is 15.9 Å². The smallest absolute Gasteiger partial charge is 0.129 e. The molecular weight excluding hydrogens is 148 g/mol. The van der Waals surface area contributed by atoms with E-state index >= 15 is 0 Å². The van der Waals surface area contributed by atoms with Gasteiger partial charge in [-0.1, -0.05) is 26.3 Å². The van der Waals surface area contributed by atoms with Crippen molar-refractivity contribution >= 4 is 12.6 Å². The fourth-order valence-corrected chi connectivity index (χ4v) is 0.640. The Labute approximate surface area is 75.1 Å². The van der Waals surface area contributed by atoms with Gasteiger partial charge in [0.25, 0.3) is 0 Å². The number of nitrogens with zero attached hydrogens (tertiary/aromatic N) is 2. The van der Waals surface area contributed by atoms with Crippen LogP contribution >= 0.6 is 0 Å². The average molecular weight is 166 g/mol. The molecule has 0 rings (SSSR count). The summed E-state index contributed by atoms with van der Waals surface area (Å²) in [5.74, 6) is 1.16. The van der Waals surface area contributed by atoms with E-state index in [-0.39, 0.29) is 0 Å². The molecule has 2 nitrogen and oxygen atoms in total. The molecule has 2 heteroatoms. The monoisotopic (exact) mass is 166 g/mol. The third-order valence-corrected chi connectivity index (χ3v) is 1.65. The molecule has 0 aliphatic heterocycles. The minimum atomic E-state index is 0.350. The van der Waals surface area contributed by atoms with Crippen LogP contribution in [0.4, 0.5) is 0 Å². The lowest BCUT2D eigenvalue weighted by molar-refractivity contribution is 0.872. The number of aliphatic imine (C=N–C) groups is 2. The Balaban J connectivity index is 4.40. The summed E-state index contributed by atoms with van der Waals surface area (Å²) < 4.78 is 0. The Kier molecular flexibility index (Phi) is 5.26. The summed E-state index contributed by atoms with van der Waals surface area (Å²) in [6.45, 7) is 11.8. The molecule has 0 amide bonds. The lowest BCUT2D eigenvalue weighted by atomic mass is 10.2. The van der Waals surface area contributed by atoms with Crippen LogP contribution in [-0.4, -0.2) is 12.6 Å². The fourth-order valence-electron chi connectivity index (χ4n) is 0.640. The fraction of sp³-hybridized carbons (Fsp3) is 0.600. The van der Waals surface area contributed by atoms with Crippen LogP contribution in [0.3, 0.4) is 0 Å². The third-order valence-electron chi connectivity index (χ3n) is 1.65. The van der Waals surface area contributed by atoms with E-state index in [1.807, 2.05) is 6.20 Å². The number of amidine groups is 1. The minimum absolute atomic E-state index is 0.350. The first kappa shape index (κ1) is 11.1. The van der Waals surface area contributed by atoms with Crippen molar-refractivity contribution in [1.29, 1.82) is 0 Å². The lowest BCUT2D eigenvalue weighted by Gasteiger charge is -2.01. The van der Waals surface area contributed by atoms with Gasteiger partial charge in [0.1, 0.15) is 5.84 Å². The van der Waals surface area contributed by atoms with E-state index in [0.29, 0.717) is 5.92 Å². The Morgan fingerprint density at radius 2 is 2.08 bits per heavy atom. The van der Waals surface area contributed by atoms with E-state index < -0.39 is 0 Å². The largest absolute Gasteiger partial charge is 0.249 e. The van der Waals surface area contributed by atoms with Crippen LogP contribution in [-0.2, 0) is 0 Å². The summed E-state index contributed by atoms with van der Waals surface area (Å²) in [6.07, 6.45) is 2.90. The molecular formula is C10H18N2. The lowest BCUT2D eigenvalue weighted by Crippen LogP contribution is -2.02. The molecule has 0 aromatic carbocycles. The van der Waals surface area contributed by atoms with Gasteiger partial charge < -0.3 is 0 Å². The number of allylic oxidation sites excluding steroid dienone is 1.